The Labute approximate surface area is 137 Å². The van der Waals surface area contributed by atoms with Gasteiger partial charge in [-0.05, 0) is 46.4 Å². The zero-order valence-corrected chi connectivity index (χ0v) is 14.2. The minimum absolute atomic E-state index is 0.0190. The van der Waals surface area contributed by atoms with Crippen molar-refractivity contribution in [3.8, 4) is 11.1 Å². The highest BCUT2D eigenvalue weighted by Gasteiger charge is 2.39. The van der Waals surface area contributed by atoms with E-state index in [1.807, 2.05) is 24.3 Å². The maximum Gasteiger partial charge on any atom is 0.277 e. The summed E-state index contributed by atoms with van der Waals surface area (Å²) in [5.41, 5.74) is 4.62. The number of hydrogen-bond donors (Lipinski definition) is 0. The van der Waals surface area contributed by atoms with Crippen molar-refractivity contribution >= 4 is 5.69 Å². The molecule has 0 aromatic heterocycles. The topological polar surface area (TPSA) is 43.1 Å². The number of para-hydroxylation sites is 1. The monoisotopic (exact) mass is 309 g/mol. The Hall–Kier alpha value is -2.16. The van der Waals surface area contributed by atoms with Crippen molar-refractivity contribution in [3.05, 3.63) is 63.7 Å². The van der Waals surface area contributed by atoms with Crippen molar-refractivity contribution < 1.29 is 4.92 Å². The molecule has 1 aliphatic carbocycles. The first kappa shape index (κ1) is 15.7. The molecule has 120 valence electrons. The number of rotatable bonds is 2. The average Bonchev–Trinajstić information content (AvgIpc) is 2.51. The summed E-state index contributed by atoms with van der Waals surface area (Å²) in [6.45, 7) is 9.03. The molecule has 0 spiro atoms. The summed E-state index contributed by atoms with van der Waals surface area (Å²) in [6, 6.07) is 13.3. The molecule has 3 heteroatoms. The van der Waals surface area contributed by atoms with Crippen LogP contribution in [-0.4, -0.2) is 4.92 Å². The Kier molecular flexibility index (Phi) is 3.55. The van der Waals surface area contributed by atoms with Crippen LogP contribution in [0, 0.1) is 10.1 Å². The predicted octanol–water partition coefficient (Wildman–Crippen LogP) is 5.61. The Morgan fingerprint density at radius 2 is 1.48 bits per heavy atom. The van der Waals surface area contributed by atoms with E-state index in [2.05, 4.69) is 33.8 Å². The second-order valence-corrected chi connectivity index (χ2v) is 7.77. The number of benzene rings is 2. The molecule has 0 saturated carbocycles. The predicted molar refractivity (Wildman–Crippen MR) is 93.8 cm³/mol. The highest BCUT2D eigenvalue weighted by molar-refractivity contribution is 5.78. The Morgan fingerprint density at radius 3 is 2.17 bits per heavy atom. The lowest BCUT2D eigenvalue weighted by Gasteiger charge is -2.43. The molecule has 0 radical (unpaired) electrons. The minimum Gasteiger partial charge on any atom is -0.258 e. The zero-order chi connectivity index (χ0) is 16.8. The van der Waals surface area contributed by atoms with Gasteiger partial charge in [-0.3, -0.25) is 10.1 Å². The van der Waals surface area contributed by atoms with Crippen LogP contribution >= 0.6 is 0 Å². The van der Waals surface area contributed by atoms with Crippen LogP contribution in [0.4, 0.5) is 5.69 Å². The molecule has 0 amide bonds. The quantitative estimate of drug-likeness (QED) is 0.534. The van der Waals surface area contributed by atoms with Crippen molar-refractivity contribution in [2.24, 2.45) is 0 Å². The van der Waals surface area contributed by atoms with E-state index in [0.29, 0.717) is 0 Å². The lowest BCUT2D eigenvalue weighted by atomic mass is 9.61. The van der Waals surface area contributed by atoms with Crippen molar-refractivity contribution in [1.29, 1.82) is 0 Å². The molecule has 0 N–H and O–H groups in total. The van der Waals surface area contributed by atoms with Gasteiger partial charge in [0.1, 0.15) is 0 Å². The van der Waals surface area contributed by atoms with Gasteiger partial charge in [-0.15, -0.1) is 0 Å². The van der Waals surface area contributed by atoms with Crippen LogP contribution in [0.15, 0.2) is 42.5 Å². The standard InChI is InChI=1S/C20H23NO2/c1-19(2)12-13-20(3,4)18-15(9-7-10-16(18)19)14-8-5-6-11-17(14)21(22)23/h5-11H,12-13H2,1-4H3. The fourth-order valence-corrected chi connectivity index (χ4v) is 3.82. The van der Waals surface area contributed by atoms with Crippen molar-refractivity contribution in [2.75, 3.05) is 0 Å². The molecule has 0 bridgehead atoms. The van der Waals surface area contributed by atoms with Crippen molar-refractivity contribution in [3.63, 3.8) is 0 Å². The maximum absolute atomic E-state index is 11.5. The summed E-state index contributed by atoms with van der Waals surface area (Å²) in [5.74, 6) is 0. The summed E-state index contributed by atoms with van der Waals surface area (Å²) in [4.78, 5) is 11.2. The largest absolute Gasteiger partial charge is 0.277 e. The third-order valence-electron chi connectivity index (χ3n) is 5.24. The van der Waals surface area contributed by atoms with E-state index in [1.165, 1.54) is 11.1 Å². The van der Waals surface area contributed by atoms with Gasteiger partial charge in [-0.1, -0.05) is 58.0 Å². The SMILES string of the molecule is CC1(C)CCC(C)(C)c2c(-c3ccccc3[N+](=O)[O-])cccc21. The molecule has 23 heavy (non-hydrogen) atoms. The summed E-state index contributed by atoms with van der Waals surface area (Å²) in [7, 11) is 0. The summed E-state index contributed by atoms with van der Waals surface area (Å²) >= 11 is 0. The Bertz CT molecular complexity index is 775. The van der Waals surface area contributed by atoms with E-state index in [9.17, 15) is 10.1 Å². The molecular formula is C20H23NO2. The van der Waals surface area contributed by atoms with Gasteiger partial charge in [0.15, 0.2) is 0 Å². The van der Waals surface area contributed by atoms with Crippen LogP contribution in [-0.2, 0) is 10.8 Å². The summed E-state index contributed by atoms with van der Waals surface area (Å²) in [5, 5.41) is 11.5. The lowest BCUT2D eigenvalue weighted by Crippen LogP contribution is -2.34. The number of hydrogen-bond acceptors (Lipinski definition) is 2. The van der Waals surface area contributed by atoms with E-state index >= 15 is 0 Å². The fourth-order valence-electron chi connectivity index (χ4n) is 3.82. The van der Waals surface area contributed by atoms with E-state index in [1.54, 1.807) is 12.1 Å². The second-order valence-electron chi connectivity index (χ2n) is 7.77. The first-order valence-electron chi connectivity index (χ1n) is 8.12. The van der Waals surface area contributed by atoms with E-state index in [-0.39, 0.29) is 21.4 Å². The van der Waals surface area contributed by atoms with Gasteiger partial charge in [0.2, 0.25) is 0 Å². The van der Waals surface area contributed by atoms with Crippen molar-refractivity contribution in [2.45, 2.75) is 51.4 Å². The fraction of sp³-hybridized carbons (Fsp3) is 0.400. The smallest absolute Gasteiger partial charge is 0.258 e. The van der Waals surface area contributed by atoms with Gasteiger partial charge in [0.25, 0.3) is 5.69 Å². The first-order chi connectivity index (χ1) is 10.7. The molecule has 3 rings (SSSR count). The number of nitrogens with zero attached hydrogens (tertiary/aromatic N) is 1. The van der Waals surface area contributed by atoms with Gasteiger partial charge in [0, 0.05) is 6.07 Å². The van der Waals surface area contributed by atoms with Crippen LogP contribution in [0.2, 0.25) is 0 Å². The molecule has 0 fully saturated rings. The third kappa shape index (κ3) is 2.54. The van der Waals surface area contributed by atoms with Gasteiger partial charge in [0.05, 0.1) is 10.5 Å². The van der Waals surface area contributed by atoms with E-state index in [0.717, 1.165) is 24.0 Å². The highest BCUT2D eigenvalue weighted by atomic mass is 16.6. The molecule has 0 heterocycles. The molecule has 2 aromatic carbocycles. The first-order valence-corrected chi connectivity index (χ1v) is 8.12. The van der Waals surface area contributed by atoms with Crippen LogP contribution < -0.4 is 0 Å². The van der Waals surface area contributed by atoms with Crippen LogP contribution in [0.1, 0.15) is 51.7 Å². The maximum atomic E-state index is 11.5. The summed E-state index contributed by atoms with van der Waals surface area (Å²) < 4.78 is 0. The Balaban J connectivity index is 2.34. The van der Waals surface area contributed by atoms with Crippen LogP contribution in [0.3, 0.4) is 0 Å². The molecule has 0 saturated heterocycles. The van der Waals surface area contributed by atoms with E-state index in [4.69, 9.17) is 0 Å². The second kappa shape index (κ2) is 5.19. The number of fused-ring (bicyclic) bond motifs is 1. The molecule has 0 aliphatic heterocycles. The third-order valence-corrected chi connectivity index (χ3v) is 5.24. The average molecular weight is 309 g/mol. The summed E-state index contributed by atoms with van der Waals surface area (Å²) in [6.07, 6.45) is 2.22. The van der Waals surface area contributed by atoms with Crippen LogP contribution in [0.25, 0.3) is 11.1 Å². The Morgan fingerprint density at radius 1 is 0.870 bits per heavy atom. The molecule has 1 aliphatic rings. The number of nitro benzene ring substituents is 1. The van der Waals surface area contributed by atoms with Gasteiger partial charge in [-0.25, -0.2) is 0 Å². The van der Waals surface area contributed by atoms with Crippen LogP contribution in [0.5, 0.6) is 0 Å². The molecule has 3 nitrogen and oxygen atoms in total. The van der Waals surface area contributed by atoms with E-state index < -0.39 is 0 Å². The molecule has 0 unspecified atom stereocenters. The van der Waals surface area contributed by atoms with Gasteiger partial charge >= 0.3 is 0 Å². The lowest BCUT2D eigenvalue weighted by molar-refractivity contribution is -0.384. The highest BCUT2D eigenvalue weighted by Crippen LogP contribution is 2.50. The molecular weight excluding hydrogens is 286 g/mol. The molecule has 2 aromatic rings. The molecule has 0 atom stereocenters. The number of nitro groups is 1. The minimum atomic E-state index is -0.282. The van der Waals surface area contributed by atoms with Crippen molar-refractivity contribution in [1.82, 2.24) is 0 Å². The van der Waals surface area contributed by atoms with Gasteiger partial charge in [-0.2, -0.15) is 0 Å². The normalized spacial score (nSPS) is 18.3. The van der Waals surface area contributed by atoms with Gasteiger partial charge < -0.3 is 0 Å². The zero-order valence-electron chi connectivity index (χ0n) is 14.2.